The molecular formula is C18H31BrCl2N2O. The smallest absolute Gasteiger partial charge is 0.124 e. The maximum atomic E-state index is 5.91. The van der Waals surface area contributed by atoms with E-state index in [-0.39, 0.29) is 24.8 Å². The quantitative estimate of drug-likeness (QED) is 0.638. The van der Waals surface area contributed by atoms with Crippen molar-refractivity contribution in [1.82, 2.24) is 10.2 Å². The van der Waals surface area contributed by atoms with Crippen LogP contribution < -0.4 is 10.1 Å². The summed E-state index contributed by atoms with van der Waals surface area (Å²) in [5.74, 6) is 1.77. The molecule has 140 valence electrons. The lowest BCUT2D eigenvalue weighted by atomic mass is 9.95. The van der Waals surface area contributed by atoms with Crippen LogP contribution in [0.2, 0.25) is 0 Å². The molecule has 0 amide bonds. The summed E-state index contributed by atoms with van der Waals surface area (Å²) >= 11 is 3.63. The van der Waals surface area contributed by atoms with Crippen molar-refractivity contribution in [3.63, 3.8) is 0 Å². The Bertz CT molecular complexity index is 468. The normalized spacial score (nSPS) is 16.2. The van der Waals surface area contributed by atoms with Crippen molar-refractivity contribution < 1.29 is 4.74 Å². The van der Waals surface area contributed by atoms with Crippen LogP contribution >= 0.6 is 40.7 Å². The summed E-state index contributed by atoms with van der Waals surface area (Å²) in [5.41, 5.74) is 1.33. The molecule has 24 heavy (non-hydrogen) atoms. The molecule has 0 spiro atoms. The van der Waals surface area contributed by atoms with Crippen LogP contribution in [0.3, 0.4) is 0 Å². The minimum absolute atomic E-state index is 0. The molecule has 1 heterocycles. The van der Waals surface area contributed by atoms with E-state index < -0.39 is 0 Å². The molecule has 6 heteroatoms. The molecule has 0 unspecified atom stereocenters. The zero-order valence-corrected chi connectivity index (χ0v) is 18.1. The van der Waals surface area contributed by atoms with Gasteiger partial charge in [-0.15, -0.1) is 24.8 Å². The van der Waals surface area contributed by atoms with Crippen molar-refractivity contribution in [2.24, 2.45) is 5.92 Å². The standard InChI is InChI=1S/C18H29BrN2O.2ClH/c1-4-22-18-8-6-15(19)13-16(18)17(7-5-14(2)3)21-11-9-20-10-12-21;;/h6,8,13-14,17,20H,4-5,7,9-12H2,1-3H3;2*1H/t17-;;/m1../s1. The topological polar surface area (TPSA) is 24.5 Å². The van der Waals surface area contributed by atoms with E-state index in [1.165, 1.54) is 18.4 Å². The summed E-state index contributed by atoms with van der Waals surface area (Å²) in [5, 5.41) is 3.45. The average molecular weight is 442 g/mol. The minimum Gasteiger partial charge on any atom is -0.494 e. The fourth-order valence-electron chi connectivity index (χ4n) is 3.09. The molecule has 1 atom stereocenters. The summed E-state index contributed by atoms with van der Waals surface area (Å²) in [6.45, 7) is 11.8. The number of nitrogens with one attached hydrogen (secondary N) is 1. The molecule has 1 saturated heterocycles. The molecule has 1 aliphatic heterocycles. The monoisotopic (exact) mass is 440 g/mol. The number of hydrogen-bond donors (Lipinski definition) is 1. The highest BCUT2D eigenvalue weighted by molar-refractivity contribution is 9.10. The van der Waals surface area contributed by atoms with Gasteiger partial charge in [-0.2, -0.15) is 0 Å². The lowest BCUT2D eigenvalue weighted by Crippen LogP contribution is -2.45. The largest absolute Gasteiger partial charge is 0.494 e. The molecule has 1 N–H and O–H groups in total. The third kappa shape index (κ3) is 7.09. The molecule has 3 nitrogen and oxygen atoms in total. The second-order valence-corrected chi connectivity index (χ2v) is 7.30. The van der Waals surface area contributed by atoms with Crippen LogP contribution in [-0.4, -0.2) is 37.7 Å². The van der Waals surface area contributed by atoms with E-state index in [0.29, 0.717) is 12.6 Å². The van der Waals surface area contributed by atoms with Crippen molar-refractivity contribution in [1.29, 1.82) is 0 Å². The van der Waals surface area contributed by atoms with E-state index in [9.17, 15) is 0 Å². The Hall–Kier alpha value is -0.000000000000000222. The highest BCUT2D eigenvalue weighted by Gasteiger charge is 2.25. The van der Waals surface area contributed by atoms with E-state index in [1.807, 2.05) is 0 Å². The summed E-state index contributed by atoms with van der Waals surface area (Å²) < 4.78 is 7.04. The molecule has 1 aromatic carbocycles. The zero-order valence-electron chi connectivity index (χ0n) is 14.9. The summed E-state index contributed by atoms with van der Waals surface area (Å²) in [4.78, 5) is 2.61. The zero-order chi connectivity index (χ0) is 15.9. The van der Waals surface area contributed by atoms with Gasteiger partial charge in [0.15, 0.2) is 0 Å². The molecule has 1 aliphatic rings. The van der Waals surface area contributed by atoms with Crippen LogP contribution in [0.25, 0.3) is 0 Å². The van der Waals surface area contributed by atoms with Crippen LogP contribution in [0, 0.1) is 5.92 Å². The molecular weight excluding hydrogens is 411 g/mol. The number of rotatable bonds is 7. The van der Waals surface area contributed by atoms with Crippen LogP contribution in [-0.2, 0) is 0 Å². The molecule has 2 rings (SSSR count). The van der Waals surface area contributed by atoms with Gasteiger partial charge in [-0.3, -0.25) is 4.90 Å². The lowest BCUT2D eigenvalue weighted by molar-refractivity contribution is 0.156. The van der Waals surface area contributed by atoms with E-state index >= 15 is 0 Å². The SMILES string of the molecule is CCOc1ccc(Br)cc1[C@@H](CCC(C)C)N1CCNCC1.Cl.Cl. The lowest BCUT2D eigenvalue weighted by Gasteiger charge is -2.36. The van der Waals surface area contributed by atoms with Crippen molar-refractivity contribution in [3.8, 4) is 5.75 Å². The summed E-state index contributed by atoms with van der Waals surface area (Å²) in [6, 6.07) is 6.88. The Morgan fingerprint density at radius 1 is 1.17 bits per heavy atom. The van der Waals surface area contributed by atoms with E-state index in [0.717, 1.165) is 42.3 Å². The minimum atomic E-state index is 0. The number of piperazine rings is 1. The Balaban J connectivity index is 0.00000264. The molecule has 0 saturated carbocycles. The first kappa shape index (κ1) is 24.0. The Kier molecular flexibility index (Phi) is 12.4. The van der Waals surface area contributed by atoms with Gasteiger partial charge in [-0.05, 0) is 43.9 Å². The van der Waals surface area contributed by atoms with Gasteiger partial charge < -0.3 is 10.1 Å². The van der Waals surface area contributed by atoms with Crippen LogP contribution in [0.15, 0.2) is 22.7 Å². The molecule has 1 fully saturated rings. The fourth-order valence-corrected chi connectivity index (χ4v) is 3.47. The Morgan fingerprint density at radius 3 is 2.42 bits per heavy atom. The van der Waals surface area contributed by atoms with Gasteiger partial charge in [0.1, 0.15) is 5.75 Å². The first-order valence-electron chi connectivity index (χ1n) is 8.48. The van der Waals surface area contributed by atoms with Crippen molar-refractivity contribution in [2.75, 3.05) is 32.8 Å². The second kappa shape index (κ2) is 12.4. The second-order valence-electron chi connectivity index (χ2n) is 6.39. The maximum absolute atomic E-state index is 5.91. The predicted molar refractivity (Wildman–Crippen MR) is 111 cm³/mol. The highest BCUT2D eigenvalue weighted by atomic mass is 79.9. The van der Waals surface area contributed by atoms with Gasteiger partial charge in [-0.25, -0.2) is 0 Å². The molecule has 0 radical (unpaired) electrons. The average Bonchev–Trinajstić information content (AvgIpc) is 2.51. The van der Waals surface area contributed by atoms with Crippen LogP contribution in [0.4, 0.5) is 0 Å². The Labute approximate surface area is 167 Å². The number of ether oxygens (including phenoxy) is 1. The molecule has 0 bridgehead atoms. The van der Waals surface area contributed by atoms with E-state index in [4.69, 9.17) is 4.74 Å². The molecule has 1 aromatic rings. The van der Waals surface area contributed by atoms with Gasteiger partial charge >= 0.3 is 0 Å². The van der Waals surface area contributed by atoms with Crippen molar-refractivity contribution in [2.45, 2.75) is 39.7 Å². The first-order chi connectivity index (χ1) is 10.6. The number of hydrogen-bond acceptors (Lipinski definition) is 3. The third-order valence-corrected chi connectivity index (χ3v) is 4.73. The van der Waals surface area contributed by atoms with Gasteiger partial charge in [0.05, 0.1) is 6.61 Å². The number of nitrogens with zero attached hydrogens (tertiary/aromatic N) is 1. The first-order valence-corrected chi connectivity index (χ1v) is 9.28. The highest BCUT2D eigenvalue weighted by Crippen LogP contribution is 2.36. The van der Waals surface area contributed by atoms with Crippen LogP contribution in [0.5, 0.6) is 5.75 Å². The van der Waals surface area contributed by atoms with Gasteiger partial charge in [0.2, 0.25) is 0 Å². The number of benzene rings is 1. The van der Waals surface area contributed by atoms with Crippen molar-refractivity contribution >= 4 is 40.7 Å². The van der Waals surface area contributed by atoms with E-state index in [2.05, 4.69) is 65.1 Å². The van der Waals surface area contributed by atoms with Gasteiger partial charge in [0.25, 0.3) is 0 Å². The molecule has 0 aliphatic carbocycles. The summed E-state index contributed by atoms with van der Waals surface area (Å²) in [7, 11) is 0. The maximum Gasteiger partial charge on any atom is 0.124 e. The van der Waals surface area contributed by atoms with Crippen LogP contribution in [0.1, 0.15) is 45.2 Å². The fraction of sp³-hybridized carbons (Fsp3) is 0.667. The van der Waals surface area contributed by atoms with Gasteiger partial charge in [-0.1, -0.05) is 29.8 Å². The van der Waals surface area contributed by atoms with Crippen molar-refractivity contribution in [3.05, 3.63) is 28.2 Å². The predicted octanol–water partition coefficient (Wildman–Crippen LogP) is 5.07. The van der Waals surface area contributed by atoms with Gasteiger partial charge in [0, 0.05) is 42.3 Å². The summed E-state index contributed by atoms with van der Waals surface area (Å²) in [6.07, 6.45) is 2.43. The Morgan fingerprint density at radius 2 is 1.83 bits per heavy atom. The third-order valence-electron chi connectivity index (χ3n) is 4.24. The van der Waals surface area contributed by atoms with E-state index in [1.54, 1.807) is 0 Å². The molecule has 0 aromatic heterocycles. The number of halogens is 3.